The molecular weight excluding hydrogens is 242 g/mol. The van der Waals surface area contributed by atoms with Crippen molar-refractivity contribution in [3.8, 4) is 5.69 Å². The second-order valence-electron chi connectivity index (χ2n) is 4.38. The highest BCUT2D eigenvalue weighted by Crippen LogP contribution is 2.18. The molecule has 2 heterocycles. The van der Waals surface area contributed by atoms with Gasteiger partial charge in [-0.25, -0.2) is 4.98 Å². The van der Waals surface area contributed by atoms with Gasteiger partial charge >= 0.3 is 0 Å². The maximum Gasteiger partial charge on any atom is 0.207 e. The van der Waals surface area contributed by atoms with Gasteiger partial charge in [0.15, 0.2) is 0 Å². The molecular formula is C13H21N5O. The summed E-state index contributed by atoms with van der Waals surface area (Å²) in [5, 5.41) is 7.78. The average Bonchev–Trinajstić information content (AvgIpc) is 3.00. The van der Waals surface area contributed by atoms with Crippen LogP contribution < -0.4 is 5.32 Å². The van der Waals surface area contributed by atoms with Gasteiger partial charge < -0.3 is 10.1 Å². The van der Waals surface area contributed by atoms with Gasteiger partial charge in [-0.15, -0.1) is 0 Å². The number of imidazole rings is 1. The lowest BCUT2D eigenvalue weighted by atomic mass is 10.3. The van der Waals surface area contributed by atoms with Gasteiger partial charge in [-0.05, 0) is 12.8 Å². The Morgan fingerprint density at radius 1 is 1.42 bits per heavy atom. The van der Waals surface area contributed by atoms with E-state index >= 15 is 0 Å². The number of hydrogen-bond donors (Lipinski definition) is 1. The number of nitrogens with zero attached hydrogens (tertiary/aromatic N) is 4. The Morgan fingerprint density at radius 2 is 2.26 bits per heavy atom. The maximum atomic E-state index is 5.04. The molecule has 0 unspecified atom stereocenters. The second-order valence-corrected chi connectivity index (χ2v) is 4.38. The number of aryl methyl sites for hydroxylation is 2. The van der Waals surface area contributed by atoms with E-state index in [9.17, 15) is 0 Å². The lowest BCUT2D eigenvalue weighted by molar-refractivity contribution is 0.197. The average molecular weight is 263 g/mol. The Labute approximate surface area is 113 Å². The molecule has 0 saturated carbocycles. The first-order valence-electron chi connectivity index (χ1n) is 6.55. The molecule has 2 aromatic heterocycles. The monoisotopic (exact) mass is 263 g/mol. The van der Waals surface area contributed by atoms with Crippen molar-refractivity contribution in [3.63, 3.8) is 0 Å². The molecule has 19 heavy (non-hydrogen) atoms. The first-order valence-corrected chi connectivity index (χ1v) is 6.55. The molecule has 104 valence electrons. The minimum Gasteiger partial charge on any atom is -0.385 e. The molecule has 0 amide bonds. The molecule has 0 fully saturated rings. The Kier molecular flexibility index (Phi) is 4.57. The van der Waals surface area contributed by atoms with E-state index in [0.717, 1.165) is 43.3 Å². The summed E-state index contributed by atoms with van der Waals surface area (Å²) >= 11 is 0. The summed E-state index contributed by atoms with van der Waals surface area (Å²) in [6.45, 7) is 3.70. The van der Waals surface area contributed by atoms with E-state index in [0.29, 0.717) is 0 Å². The van der Waals surface area contributed by atoms with Gasteiger partial charge in [-0.2, -0.15) is 5.10 Å². The van der Waals surface area contributed by atoms with Crippen molar-refractivity contribution < 1.29 is 4.74 Å². The minimum absolute atomic E-state index is 0.751. The van der Waals surface area contributed by atoms with Crippen molar-refractivity contribution in [1.82, 2.24) is 19.3 Å². The van der Waals surface area contributed by atoms with Crippen LogP contribution in [0.5, 0.6) is 0 Å². The SMILES string of the molecule is CCc1nn(C)cc1-n1ccnc1NCCCOC. The fourth-order valence-electron chi connectivity index (χ4n) is 2.02. The van der Waals surface area contributed by atoms with Crippen molar-refractivity contribution in [3.05, 3.63) is 24.3 Å². The molecule has 0 aliphatic carbocycles. The quantitative estimate of drug-likeness (QED) is 0.771. The molecule has 0 bridgehead atoms. The van der Waals surface area contributed by atoms with E-state index in [1.165, 1.54) is 0 Å². The summed E-state index contributed by atoms with van der Waals surface area (Å²) in [6.07, 6.45) is 7.62. The van der Waals surface area contributed by atoms with Crippen LogP contribution in [-0.2, 0) is 18.2 Å². The molecule has 2 aromatic rings. The number of rotatable bonds is 7. The Balaban J connectivity index is 2.14. The summed E-state index contributed by atoms with van der Waals surface area (Å²) in [4.78, 5) is 4.35. The van der Waals surface area contributed by atoms with Crippen molar-refractivity contribution in [2.24, 2.45) is 7.05 Å². The van der Waals surface area contributed by atoms with Gasteiger partial charge in [0.05, 0.1) is 11.4 Å². The third kappa shape index (κ3) is 3.14. The van der Waals surface area contributed by atoms with Crippen LogP contribution in [0.25, 0.3) is 5.69 Å². The van der Waals surface area contributed by atoms with Crippen molar-refractivity contribution in [2.75, 3.05) is 25.6 Å². The van der Waals surface area contributed by atoms with Crippen LogP contribution in [0.2, 0.25) is 0 Å². The first-order chi connectivity index (χ1) is 9.26. The highest BCUT2D eigenvalue weighted by molar-refractivity contribution is 5.43. The maximum absolute atomic E-state index is 5.04. The lowest BCUT2D eigenvalue weighted by Gasteiger charge is -2.09. The summed E-state index contributed by atoms with van der Waals surface area (Å²) in [5.41, 5.74) is 2.15. The zero-order valence-corrected chi connectivity index (χ0v) is 11.8. The predicted molar refractivity (Wildman–Crippen MR) is 74.7 cm³/mol. The highest BCUT2D eigenvalue weighted by atomic mass is 16.5. The Morgan fingerprint density at radius 3 is 3.00 bits per heavy atom. The zero-order chi connectivity index (χ0) is 13.7. The summed E-state index contributed by atoms with van der Waals surface area (Å²) in [5.74, 6) is 0.846. The van der Waals surface area contributed by atoms with Crippen LogP contribution in [0.1, 0.15) is 19.0 Å². The molecule has 6 nitrogen and oxygen atoms in total. The molecule has 0 aromatic carbocycles. The molecule has 0 spiro atoms. The number of methoxy groups -OCH3 is 1. The van der Waals surface area contributed by atoms with Crippen LogP contribution in [0.15, 0.2) is 18.6 Å². The number of hydrogen-bond acceptors (Lipinski definition) is 4. The smallest absolute Gasteiger partial charge is 0.207 e. The largest absolute Gasteiger partial charge is 0.385 e. The van der Waals surface area contributed by atoms with Crippen LogP contribution in [0.4, 0.5) is 5.95 Å². The van der Waals surface area contributed by atoms with E-state index in [1.54, 1.807) is 13.3 Å². The predicted octanol–water partition coefficient (Wildman–Crippen LogP) is 1.62. The van der Waals surface area contributed by atoms with Gasteiger partial charge in [0, 0.05) is 45.9 Å². The van der Waals surface area contributed by atoms with Gasteiger partial charge in [-0.3, -0.25) is 9.25 Å². The molecule has 1 N–H and O–H groups in total. The Hall–Kier alpha value is -1.82. The van der Waals surface area contributed by atoms with Crippen molar-refractivity contribution >= 4 is 5.95 Å². The molecule has 6 heteroatoms. The Bertz CT molecular complexity index is 517. The van der Waals surface area contributed by atoms with E-state index in [4.69, 9.17) is 4.74 Å². The van der Waals surface area contributed by atoms with Gasteiger partial charge in [-0.1, -0.05) is 6.92 Å². The standard InChI is InChI=1S/C13H21N5O/c1-4-11-12(10-17(2)16-11)18-8-7-15-13(18)14-6-5-9-19-3/h7-8,10H,4-6,9H2,1-3H3,(H,14,15). The number of aromatic nitrogens is 4. The van der Waals surface area contributed by atoms with Gasteiger partial charge in [0.2, 0.25) is 5.95 Å². The summed E-state index contributed by atoms with van der Waals surface area (Å²) < 4.78 is 8.91. The van der Waals surface area contributed by atoms with E-state index in [1.807, 2.05) is 28.7 Å². The first kappa shape index (κ1) is 13.6. The van der Waals surface area contributed by atoms with Crippen LogP contribution >= 0.6 is 0 Å². The highest BCUT2D eigenvalue weighted by Gasteiger charge is 2.11. The van der Waals surface area contributed by atoms with E-state index < -0.39 is 0 Å². The minimum atomic E-state index is 0.751. The second kappa shape index (κ2) is 6.38. The number of anilines is 1. The molecule has 0 saturated heterocycles. The van der Waals surface area contributed by atoms with Gasteiger partial charge in [0.25, 0.3) is 0 Å². The lowest BCUT2D eigenvalue weighted by Crippen LogP contribution is -2.09. The van der Waals surface area contributed by atoms with Crippen LogP contribution in [-0.4, -0.2) is 39.6 Å². The van der Waals surface area contributed by atoms with Gasteiger partial charge in [0.1, 0.15) is 0 Å². The molecule has 2 rings (SSSR count). The summed E-state index contributed by atoms with van der Waals surface area (Å²) in [7, 11) is 3.65. The van der Waals surface area contributed by atoms with Crippen LogP contribution in [0, 0.1) is 0 Å². The third-order valence-electron chi connectivity index (χ3n) is 2.93. The molecule has 0 radical (unpaired) electrons. The normalized spacial score (nSPS) is 10.9. The summed E-state index contributed by atoms with van der Waals surface area (Å²) in [6, 6.07) is 0. The topological polar surface area (TPSA) is 56.9 Å². The van der Waals surface area contributed by atoms with E-state index in [2.05, 4.69) is 22.3 Å². The van der Waals surface area contributed by atoms with Crippen molar-refractivity contribution in [2.45, 2.75) is 19.8 Å². The van der Waals surface area contributed by atoms with Crippen molar-refractivity contribution in [1.29, 1.82) is 0 Å². The number of ether oxygens (including phenoxy) is 1. The third-order valence-corrected chi connectivity index (χ3v) is 2.93. The molecule has 0 atom stereocenters. The van der Waals surface area contributed by atoms with Crippen LogP contribution in [0.3, 0.4) is 0 Å². The fourth-order valence-corrected chi connectivity index (χ4v) is 2.02. The number of nitrogens with one attached hydrogen (secondary N) is 1. The molecule has 0 aliphatic rings. The zero-order valence-electron chi connectivity index (χ0n) is 11.8. The van der Waals surface area contributed by atoms with E-state index in [-0.39, 0.29) is 0 Å². The molecule has 0 aliphatic heterocycles. The fraction of sp³-hybridized carbons (Fsp3) is 0.538.